The van der Waals surface area contributed by atoms with Gasteiger partial charge in [0.05, 0.1) is 16.4 Å². The number of aliphatic carboxylic acids is 1. The Hall–Kier alpha value is -1.82. The zero-order chi connectivity index (χ0) is 21.1. The van der Waals surface area contributed by atoms with Gasteiger partial charge in [-0.15, -0.1) is 12.6 Å². The third kappa shape index (κ3) is 3.97. The molecule has 0 aliphatic carbocycles. The molecule has 2 unspecified atom stereocenters. The van der Waals surface area contributed by atoms with Crippen LogP contribution in [-0.2, 0) is 28.9 Å². The first-order valence-corrected chi connectivity index (χ1v) is 10.7. The predicted octanol–water partition coefficient (Wildman–Crippen LogP) is 5.07. The summed E-state index contributed by atoms with van der Waals surface area (Å²) in [5.74, 6) is -1.51. The van der Waals surface area contributed by atoms with E-state index >= 15 is 0 Å². The molecule has 2 aromatic rings. The van der Waals surface area contributed by atoms with Crippen molar-refractivity contribution in [2.24, 2.45) is 5.41 Å². The van der Waals surface area contributed by atoms with Crippen LogP contribution in [-0.4, -0.2) is 26.2 Å². The summed E-state index contributed by atoms with van der Waals surface area (Å²) in [7, 11) is 0. The number of H-pyrrole nitrogens is 1. The minimum absolute atomic E-state index is 0.397. The SMILES string of the molecule is CCCCC(C)(C(=O)O)C(C(=O)S)c1nc2c(CC)c(CC)c(CC)cc2[nH]1. The van der Waals surface area contributed by atoms with Crippen molar-refractivity contribution in [1.29, 1.82) is 0 Å². The number of carboxylic acids is 1. The van der Waals surface area contributed by atoms with Crippen molar-refractivity contribution in [3.8, 4) is 0 Å². The van der Waals surface area contributed by atoms with Crippen molar-refractivity contribution in [3.63, 3.8) is 0 Å². The highest BCUT2D eigenvalue weighted by molar-refractivity contribution is 7.96. The lowest BCUT2D eigenvalue weighted by Gasteiger charge is -2.30. The van der Waals surface area contributed by atoms with Crippen molar-refractivity contribution < 1.29 is 14.7 Å². The number of thiol groups is 1. The standard InChI is InChI=1S/C22H32N2O3S/c1-6-10-11-22(5,21(26)27)17(20(25)28)19-23-16-12-13(7-2)14(8-3)15(9-4)18(16)24-19/h12,17H,6-11H2,1-5H3,(H,23,24)(H,25,28)(H,26,27). The van der Waals surface area contributed by atoms with Crippen molar-refractivity contribution in [2.75, 3.05) is 0 Å². The normalized spacial score (nSPS) is 14.8. The van der Waals surface area contributed by atoms with E-state index in [1.165, 1.54) is 16.7 Å². The second-order valence-electron chi connectivity index (χ2n) is 7.67. The number of aryl methyl sites for hydroxylation is 2. The van der Waals surface area contributed by atoms with Gasteiger partial charge in [0.15, 0.2) is 5.12 Å². The van der Waals surface area contributed by atoms with Gasteiger partial charge >= 0.3 is 5.97 Å². The first-order valence-electron chi connectivity index (χ1n) is 10.2. The molecule has 0 radical (unpaired) electrons. The first-order chi connectivity index (χ1) is 13.2. The topological polar surface area (TPSA) is 83.0 Å². The van der Waals surface area contributed by atoms with Gasteiger partial charge in [-0.05, 0) is 55.4 Å². The number of hydrogen-bond donors (Lipinski definition) is 3. The zero-order valence-corrected chi connectivity index (χ0v) is 18.4. The number of carbonyl (C=O) groups excluding carboxylic acids is 1. The summed E-state index contributed by atoms with van der Waals surface area (Å²) < 4.78 is 0. The lowest BCUT2D eigenvalue weighted by Crippen LogP contribution is -2.38. The van der Waals surface area contributed by atoms with Gasteiger partial charge < -0.3 is 10.1 Å². The largest absolute Gasteiger partial charge is 0.481 e. The Labute approximate surface area is 172 Å². The highest BCUT2D eigenvalue weighted by Gasteiger charge is 2.46. The van der Waals surface area contributed by atoms with Crippen LogP contribution in [0.2, 0.25) is 0 Å². The molecule has 0 aliphatic heterocycles. The average Bonchev–Trinajstić information content (AvgIpc) is 3.06. The van der Waals surface area contributed by atoms with E-state index in [-0.39, 0.29) is 0 Å². The van der Waals surface area contributed by atoms with E-state index in [1.807, 2.05) is 6.92 Å². The fourth-order valence-electron chi connectivity index (χ4n) is 4.22. The third-order valence-electron chi connectivity index (χ3n) is 5.89. The Morgan fingerprint density at radius 3 is 2.29 bits per heavy atom. The van der Waals surface area contributed by atoms with E-state index in [1.54, 1.807) is 6.92 Å². The molecule has 1 aromatic heterocycles. The van der Waals surface area contributed by atoms with Gasteiger partial charge in [0.2, 0.25) is 0 Å². The lowest BCUT2D eigenvalue weighted by atomic mass is 9.73. The van der Waals surface area contributed by atoms with Crippen LogP contribution in [0.3, 0.4) is 0 Å². The molecule has 2 N–H and O–H groups in total. The van der Waals surface area contributed by atoms with Crippen LogP contribution in [0.4, 0.5) is 0 Å². The van der Waals surface area contributed by atoms with Crippen molar-refractivity contribution in [3.05, 3.63) is 28.6 Å². The number of aromatic nitrogens is 2. The van der Waals surface area contributed by atoms with Gasteiger partial charge in [-0.25, -0.2) is 4.98 Å². The van der Waals surface area contributed by atoms with E-state index in [2.05, 4.69) is 44.5 Å². The second kappa shape index (κ2) is 9.12. The predicted molar refractivity (Wildman–Crippen MR) is 116 cm³/mol. The van der Waals surface area contributed by atoms with Crippen LogP contribution in [0.25, 0.3) is 11.0 Å². The number of unbranched alkanes of at least 4 members (excludes halogenated alkanes) is 1. The zero-order valence-electron chi connectivity index (χ0n) is 17.6. The smallest absolute Gasteiger partial charge is 0.310 e. The molecule has 6 heteroatoms. The van der Waals surface area contributed by atoms with Crippen molar-refractivity contribution in [1.82, 2.24) is 9.97 Å². The van der Waals surface area contributed by atoms with Gasteiger partial charge in [-0.3, -0.25) is 9.59 Å². The molecule has 2 rings (SSSR count). The van der Waals surface area contributed by atoms with Crippen LogP contribution in [0.15, 0.2) is 6.07 Å². The van der Waals surface area contributed by atoms with E-state index in [4.69, 9.17) is 4.98 Å². The summed E-state index contributed by atoms with van der Waals surface area (Å²) in [5.41, 5.74) is 4.20. The summed E-state index contributed by atoms with van der Waals surface area (Å²) in [6.45, 7) is 10.0. The summed E-state index contributed by atoms with van der Waals surface area (Å²) in [6.07, 6.45) is 4.65. The molecule has 0 aliphatic rings. The maximum Gasteiger partial charge on any atom is 0.310 e. The number of nitrogens with one attached hydrogen (secondary N) is 1. The van der Waals surface area contributed by atoms with Crippen LogP contribution in [0.1, 0.15) is 82.3 Å². The van der Waals surface area contributed by atoms with Gasteiger partial charge in [-0.2, -0.15) is 0 Å². The third-order valence-corrected chi connectivity index (χ3v) is 6.15. The Kier molecular flexibility index (Phi) is 7.32. The number of carbonyl (C=O) groups is 2. The van der Waals surface area contributed by atoms with Crippen LogP contribution in [0.5, 0.6) is 0 Å². The highest BCUT2D eigenvalue weighted by atomic mass is 32.1. The monoisotopic (exact) mass is 404 g/mol. The van der Waals surface area contributed by atoms with Crippen molar-refractivity contribution >= 4 is 34.7 Å². The molecule has 28 heavy (non-hydrogen) atoms. The average molecular weight is 405 g/mol. The Morgan fingerprint density at radius 2 is 1.82 bits per heavy atom. The first kappa shape index (κ1) is 22.5. The molecule has 0 amide bonds. The molecule has 1 aromatic carbocycles. The quantitative estimate of drug-likeness (QED) is 0.483. The summed E-state index contributed by atoms with van der Waals surface area (Å²) in [4.78, 5) is 32.7. The summed E-state index contributed by atoms with van der Waals surface area (Å²) in [5, 5.41) is 9.48. The molecule has 0 spiro atoms. The number of fused-ring (bicyclic) bond motifs is 1. The number of hydrogen-bond acceptors (Lipinski definition) is 3. The number of aromatic amines is 1. The van der Waals surface area contributed by atoms with Gasteiger partial charge in [0, 0.05) is 0 Å². The molecule has 5 nitrogen and oxygen atoms in total. The molecular weight excluding hydrogens is 372 g/mol. The maximum absolute atomic E-state index is 12.5. The number of nitrogens with zero attached hydrogens (tertiary/aromatic N) is 1. The van der Waals surface area contributed by atoms with Gasteiger partial charge in [0.1, 0.15) is 11.7 Å². The summed E-state index contributed by atoms with van der Waals surface area (Å²) >= 11 is 4.06. The molecule has 1 heterocycles. The number of carboxylic acid groups (broad SMARTS) is 1. The number of imidazole rings is 1. The molecule has 0 saturated heterocycles. The van der Waals surface area contributed by atoms with Gasteiger partial charge in [-0.1, -0.05) is 40.5 Å². The number of benzene rings is 1. The van der Waals surface area contributed by atoms with E-state index < -0.39 is 22.4 Å². The molecule has 0 bridgehead atoms. The maximum atomic E-state index is 12.5. The van der Waals surface area contributed by atoms with Gasteiger partial charge in [0.25, 0.3) is 0 Å². The Morgan fingerprint density at radius 1 is 1.18 bits per heavy atom. The number of rotatable bonds is 10. The van der Waals surface area contributed by atoms with E-state index in [9.17, 15) is 14.7 Å². The molecule has 0 fully saturated rings. The van der Waals surface area contributed by atoms with E-state index in [0.717, 1.165) is 43.1 Å². The lowest BCUT2D eigenvalue weighted by molar-refractivity contribution is -0.151. The van der Waals surface area contributed by atoms with Crippen molar-refractivity contribution in [2.45, 2.75) is 79.1 Å². The Balaban J connectivity index is 2.72. The highest BCUT2D eigenvalue weighted by Crippen LogP contribution is 2.42. The minimum Gasteiger partial charge on any atom is -0.481 e. The van der Waals surface area contributed by atoms with Crippen LogP contribution < -0.4 is 0 Å². The molecule has 2 atom stereocenters. The minimum atomic E-state index is -1.25. The molecular formula is C22H32N2O3S. The van der Waals surface area contributed by atoms with E-state index in [0.29, 0.717) is 12.2 Å². The Bertz CT molecular complexity index is 874. The van der Waals surface area contributed by atoms with Crippen LogP contribution in [0, 0.1) is 5.41 Å². The fourth-order valence-corrected chi connectivity index (χ4v) is 4.63. The molecule has 154 valence electrons. The van der Waals surface area contributed by atoms with Crippen LogP contribution >= 0.6 is 12.6 Å². The summed E-state index contributed by atoms with van der Waals surface area (Å²) in [6, 6.07) is 2.09. The molecule has 0 saturated carbocycles. The second-order valence-corrected chi connectivity index (χ2v) is 8.11. The fraction of sp³-hybridized carbons (Fsp3) is 0.591.